The molecule has 2 aromatic heterocycles. The van der Waals surface area contributed by atoms with Crippen molar-refractivity contribution in [3.8, 4) is 23.0 Å². The van der Waals surface area contributed by atoms with Gasteiger partial charge in [-0.05, 0) is 122 Å². The highest BCUT2D eigenvalue weighted by molar-refractivity contribution is 9.69. The number of ether oxygens (including phenoxy) is 3. The van der Waals surface area contributed by atoms with Crippen LogP contribution < -0.4 is 14.8 Å². The van der Waals surface area contributed by atoms with Gasteiger partial charge in [0.05, 0.1) is 36.3 Å². The van der Waals surface area contributed by atoms with Crippen LogP contribution in [0.5, 0.6) is 23.0 Å². The van der Waals surface area contributed by atoms with E-state index >= 15 is 0 Å². The van der Waals surface area contributed by atoms with E-state index in [4.69, 9.17) is 14.2 Å². The summed E-state index contributed by atoms with van der Waals surface area (Å²) in [5.41, 5.74) is 10.3. The highest BCUT2D eigenvalue weighted by Gasteiger charge is 2.56. The van der Waals surface area contributed by atoms with E-state index in [0.29, 0.717) is 30.2 Å². The number of hydrogen-bond donors (Lipinski definition) is 5. The molecule has 0 spiro atoms. The predicted molar refractivity (Wildman–Crippen MR) is 283 cm³/mol. The number of rotatable bonds is 4. The van der Waals surface area contributed by atoms with Crippen LogP contribution in [0.25, 0.3) is 43.6 Å². The van der Waals surface area contributed by atoms with E-state index in [1.165, 1.54) is 72.6 Å². The second-order valence-electron chi connectivity index (χ2n) is 19.9. The van der Waals surface area contributed by atoms with E-state index in [1.54, 1.807) is 20.3 Å². The highest BCUT2D eigenvalue weighted by atomic mass is 79.9. The van der Waals surface area contributed by atoms with E-state index in [-0.39, 0.29) is 31.9 Å². The van der Waals surface area contributed by atoms with E-state index in [2.05, 4.69) is 86.8 Å². The van der Waals surface area contributed by atoms with Gasteiger partial charge in [0.1, 0.15) is 29.6 Å². The molecule has 13 rings (SSSR count). The van der Waals surface area contributed by atoms with Gasteiger partial charge in [-0.3, -0.25) is 0 Å². The Morgan fingerprint density at radius 3 is 2.10 bits per heavy atom. The summed E-state index contributed by atoms with van der Waals surface area (Å²) in [6, 6.07) is 26.8. The van der Waals surface area contributed by atoms with Gasteiger partial charge >= 0.3 is 9.28 Å². The van der Waals surface area contributed by atoms with Gasteiger partial charge in [-0.15, -0.1) is 47.3 Å². The Hall–Kier alpha value is -4.37. The molecule has 5 aromatic carbocycles. The number of H-pyrrole nitrogens is 2. The third-order valence-corrected chi connectivity index (χ3v) is 17.0. The first-order chi connectivity index (χ1) is 33.1. The maximum Gasteiger partial charge on any atom is 0.410 e. The minimum absolute atomic E-state index is 0.0661. The summed E-state index contributed by atoms with van der Waals surface area (Å²) < 4.78 is 17.8. The average molecular weight is 1110 g/mol. The molecule has 1 amide bonds. The van der Waals surface area contributed by atoms with Crippen molar-refractivity contribution in [3.63, 3.8) is 0 Å². The SMILES string of the molecule is BrB(Br)Br.COc1cccc2c1[nH]c1c(OC)cc3c(c12)C[C@H]1C2CCCC[C@@]32CCN1C(=O)OCc1ccccc1.Oc1cccc2c1[nH]c1c(O)cc3c(c12)C[C@@H]1NCC[C@]32CCCCC12. The molecule has 0 radical (unpaired) electrons. The minimum atomic E-state index is -0.188. The number of methoxy groups -OCH3 is 2. The first kappa shape index (κ1) is 46.0. The smallest absolute Gasteiger partial charge is 0.410 e. The van der Waals surface area contributed by atoms with Crippen molar-refractivity contribution in [2.75, 3.05) is 27.3 Å². The number of nitrogens with zero attached hydrogens (tertiary/aromatic N) is 1. The number of fused-ring (bicyclic) bond motifs is 10. The number of halogens is 3. The summed E-state index contributed by atoms with van der Waals surface area (Å²) in [7, 11) is 3.47. The van der Waals surface area contributed by atoms with Crippen molar-refractivity contribution in [3.05, 3.63) is 107 Å². The number of nitrogens with one attached hydrogen (secondary N) is 3. The molecule has 4 aliphatic carbocycles. The lowest BCUT2D eigenvalue weighted by molar-refractivity contribution is -0.0134. The van der Waals surface area contributed by atoms with Gasteiger partial charge in [0.2, 0.25) is 0 Å². The number of carbonyl (C=O) groups excluding carboxylic acids is 1. The molecule has 2 saturated heterocycles. The first-order valence-electron chi connectivity index (χ1n) is 24.4. The molecule has 2 aliphatic heterocycles. The van der Waals surface area contributed by atoms with Crippen LogP contribution in [0.4, 0.5) is 4.79 Å². The Morgan fingerprint density at radius 2 is 1.35 bits per heavy atom. The Balaban J connectivity index is 0.000000146. The van der Waals surface area contributed by atoms with E-state index in [9.17, 15) is 15.0 Å². The third kappa shape index (κ3) is 7.52. The number of aromatic hydroxyl groups is 2. The van der Waals surface area contributed by atoms with Crippen molar-refractivity contribution in [1.29, 1.82) is 0 Å². The Labute approximate surface area is 422 Å². The number of phenolic OH excluding ortho intramolecular Hbond substituents is 2. The van der Waals surface area contributed by atoms with Gasteiger partial charge in [0.15, 0.2) is 0 Å². The van der Waals surface area contributed by atoms with Crippen molar-refractivity contribution in [2.24, 2.45) is 11.8 Å². The lowest BCUT2D eigenvalue weighted by atomic mass is 9.52. The normalized spacial score (nSPS) is 25.5. The zero-order valence-electron chi connectivity index (χ0n) is 38.6. The Kier molecular flexibility index (Phi) is 12.5. The van der Waals surface area contributed by atoms with Gasteiger partial charge in [0.25, 0.3) is 0 Å². The molecule has 6 aliphatic rings. The van der Waals surface area contributed by atoms with Gasteiger partial charge in [-0.25, -0.2) is 4.79 Å². The van der Waals surface area contributed by atoms with Gasteiger partial charge in [-0.2, -0.15) is 0 Å². The molecule has 7 aromatic rings. The first-order valence-corrected chi connectivity index (χ1v) is 27.1. The molecule has 2 unspecified atom stereocenters. The molecule has 6 atom stereocenters. The molecule has 354 valence electrons. The number of para-hydroxylation sites is 2. The third-order valence-electron chi connectivity index (χ3n) is 17.0. The number of likely N-dealkylation sites (tertiary alicyclic amines) is 1. The van der Waals surface area contributed by atoms with Crippen molar-refractivity contribution in [2.45, 2.75) is 107 Å². The van der Waals surface area contributed by atoms with Crippen LogP contribution in [0.1, 0.15) is 92.0 Å². The second kappa shape index (κ2) is 18.4. The maximum absolute atomic E-state index is 13.5. The van der Waals surface area contributed by atoms with Crippen molar-refractivity contribution in [1.82, 2.24) is 20.2 Å². The standard InChI is InChI=1S/C32H34N2O4.C22H24N2O2.BBr3/c1-36-26-13-8-11-21-28-22-17-25-23-12-6-7-14-32(23,24(22)18-27(37-2)30(28)33-29(21)26)15-16-34(25)31(35)38-19-20-9-4-3-5-10-20;25-17-6-3-4-12-19-13-10-16-14-5-1-2-7-22(14,8-9-23-16)15(13)11-18(26)21(19)24-20(12)17;2-1(3)4/h3-5,8-11,13,18,23,25,33H,6-7,12,14-17,19H2,1-2H3;3-4,6,11,14,16,23-26H,1-2,5,7-10H2;/t23?,25-,32-;14?,16-,22-;/m00./s1. The largest absolute Gasteiger partial charge is 0.506 e. The zero-order valence-corrected chi connectivity index (χ0v) is 43.4. The van der Waals surface area contributed by atoms with E-state index in [1.807, 2.05) is 53.4 Å². The van der Waals surface area contributed by atoms with Crippen LogP contribution in [0.3, 0.4) is 0 Å². The second-order valence-corrected chi connectivity index (χ2v) is 26.3. The number of hydrogen-bond acceptors (Lipinski definition) is 7. The Morgan fingerprint density at radius 1 is 0.706 bits per heavy atom. The molecular formula is C54H58BBr3N4O6. The summed E-state index contributed by atoms with van der Waals surface area (Å²) in [6.45, 7) is 2.11. The van der Waals surface area contributed by atoms with E-state index < -0.39 is 0 Å². The van der Waals surface area contributed by atoms with E-state index in [0.717, 1.165) is 100 Å². The number of piperidine rings is 2. The number of aromatic amines is 2. The molecular weight excluding hydrogens is 1050 g/mol. The quantitative estimate of drug-likeness (QED) is 0.111. The Bertz CT molecular complexity index is 3050. The lowest BCUT2D eigenvalue weighted by Crippen LogP contribution is -2.62. The molecule has 5 N–H and O–H groups in total. The summed E-state index contributed by atoms with van der Waals surface area (Å²) in [4.78, 5) is 22.5. The number of benzene rings is 5. The summed E-state index contributed by atoms with van der Waals surface area (Å²) in [6.07, 6.45) is 13.7. The number of aromatic nitrogens is 2. The summed E-state index contributed by atoms with van der Waals surface area (Å²) in [5, 5.41) is 29.5. The van der Waals surface area contributed by atoms with Crippen molar-refractivity contribution >= 4 is 100 Å². The number of phenols is 2. The van der Waals surface area contributed by atoms with Crippen LogP contribution in [-0.4, -0.2) is 73.8 Å². The predicted octanol–water partition coefficient (Wildman–Crippen LogP) is 13.0. The van der Waals surface area contributed by atoms with Gasteiger partial charge < -0.3 is 44.6 Å². The fourth-order valence-electron chi connectivity index (χ4n) is 14.4. The molecule has 68 heavy (non-hydrogen) atoms. The van der Waals surface area contributed by atoms with Crippen molar-refractivity contribution < 1.29 is 29.2 Å². The van der Waals surface area contributed by atoms with Crippen LogP contribution in [0.15, 0.2) is 78.9 Å². The molecule has 14 heteroatoms. The van der Waals surface area contributed by atoms with Crippen LogP contribution in [0, 0.1) is 11.8 Å². The van der Waals surface area contributed by atoms with Crippen LogP contribution in [0.2, 0.25) is 0 Å². The van der Waals surface area contributed by atoms with Crippen LogP contribution in [-0.2, 0) is 35.0 Å². The van der Waals surface area contributed by atoms with Gasteiger partial charge in [-0.1, -0.05) is 80.3 Å². The molecule has 2 saturated carbocycles. The fraction of sp³-hybridized carbons (Fsp3) is 0.426. The van der Waals surface area contributed by atoms with Gasteiger partial charge in [0, 0.05) is 51.0 Å². The number of amides is 1. The fourth-order valence-corrected chi connectivity index (χ4v) is 14.4. The monoisotopic (exact) mass is 1110 g/mol. The molecule has 10 nitrogen and oxygen atoms in total. The zero-order chi connectivity index (χ0) is 46.9. The minimum Gasteiger partial charge on any atom is -0.506 e. The lowest BCUT2D eigenvalue weighted by Gasteiger charge is -2.58. The summed E-state index contributed by atoms with van der Waals surface area (Å²) >= 11 is 9.31. The summed E-state index contributed by atoms with van der Waals surface area (Å²) in [5.74, 6) is 3.40. The maximum atomic E-state index is 13.5. The average Bonchev–Trinajstić information content (AvgIpc) is 3.95. The topological polar surface area (TPSA) is 132 Å². The number of carbonyl (C=O) groups is 1. The highest BCUT2D eigenvalue weighted by Crippen LogP contribution is 2.59. The molecule has 4 fully saturated rings. The van der Waals surface area contributed by atoms with Crippen LogP contribution >= 0.6 is 47.3 Å². The molecule has 4 bridgehead atoms. The molecule has 4 heterocycles.